The number of aromatic nitrogens is 1. The summed E-state index contributed by atoms with van der Waals surface area (Å²) in [4.78, 5) is 4.19. The van der Waals surface area contributed by atoms with Crippen molar-refractivity contribution in [3.63, 3.8) is 0 Å². The highest BCUT2D eigenvalue weighted by Crippen LogP contribution is 2.25. The van der Waals surface area contributed by atoms with E-state index in [-0.39, 0.29) is 4.90 Å². The van der Waals surface area contributed by atoms with Gasteiger partial charge in [0.05, 0.1) is 14.9 Å². The third kappa shape index (κ3) is 2.90. The van der Waals surface area contributed by atoms with Gasteiger partial charge in [-0.1, -0.05) is 17.4 Å². The molecule has 7 heteroatoms. The van der Waals surface area contributed by atoms with Crippen LogP contribution < -0.4 is 4.72 Å². The minimum absolute atomic E-state index is 0.247. The first-order chi connectivity index (χ1) is 8.38. The number of aryl methyl sites for hydroxylation is 2. The van der Waals surface area contributed by atoms with E-state index in [0.717, 1.165) is 14.9 Å². The molecule has 18 heavy (non-hydrogen) atoms. The van der Waals surface area contributed by atoms with E-state index in [9.17, 15) is 8.42 Å². The molecular weight excluding hydrogens is 336 g/mol. The Balaban J connectivity index is 2.33. The summed E-state index contributed by atoms with van der Waals surface area (Å²) >= 11 is 4.47. The van der Waals surface area contributed by atoms with Crippen LogP contribution in [0, 0.1) is 13.8 Å². The van der Waals surface area contributed by atoms with Crippen LogP contribution in [0.1, 0.15) is 11.1 Å². The van der Waals surface area contributed by atoms with E-state index >= 15 is 0 Å². The molecule has 4 nitrogen and oxygen atoms in total. The van der Waals surface area contributed by atoms with Crippen LogP contribution in [0.4, 0.5) is 5.13 Å². The maximum atomic E-state index is 12.1. The van der Waals surface area contributed by atoms with Crippen LogP contribution in [0.15, 0.2) is 33.1 Å². The standard InChI is InChI=1S/C11H11BrN2O2S2/c1-7-3-4-9(5-8(7)2)18(15,16)14-11-13-6-10(12)17-11/h3-6H,1-2H3,(H,13,14). The molecule has 0 atom stereocenters. The van der Waals surface area contributed by atoms with Crippen molar-refractivity contribution in [2.45, 2.75) is 18.7 Å². The Hall–Kier alpha value is -0.920. The van der Waals surface area contributed by atoms with Crippen LogP contribution >= 0.6 is 27.3 Å². The van der Waals surface area contributed by atoms with Crippen molar-refractivity contribution in [1.29, 1.82) is 0 Å². The van der Waals surface area contributed by atoms with Gasteiger partial charge in [0.2, 0.25) is 0 Å². The van der Waals surface area contributed by atoms with E-state index in [1.54, 1.807) is 24.4 Å². The van der Waals surface area contributed by atoms with Crippen molar-refractivity contribution in [3.8, 4) is 0 Å². The van der Waals surface area contributed by atoms with E-state index in [1.807, 2.05) is 13.8 Å². The van der Waals surface area contributed by atoms with Gasteiger partial charge in [-0.3, -0.25) is 4.72 Å². The fourth-order valence-electron chi connectivity index (χ4n) is 1.36. The average Bonchev–Trinajstić information content (AvgIpc) is 2.67. The average molecular weight is 347 g/mol. The Bertz CT molecular complexity index is 680. The summed E-state index contributed by atoms with van der Waals surface area (Å²) in [5, 5.41) is 0.347. The Kier molecular flexibility index (Phi) is 3.74. The van der Waals surface area contributed by atoms with Crippen molar-refractivity contribution in [1.82, 2.24) is 4.98 Å². The molecule has 0 saturated carbocycles. The van der Waals surface area contributed by atoms with Crippen molar-refractivity contribution in [2.24, 2.45) is 0 Å². The maximum absolute atomic E-state index is 12.1. The fourth-order valence-corrected chi connectivity index (χ4v) is 3.79. The van der Waals surface area contributed by atoms with Gasteiger partial charge in [0, 0.05) is 0 Å². The molecule has 0 amide bonds. The number of benzene rings is 1. The Morgan fingerprint density at radius 2 is 2.00 bits per heavy atom. The fraction of sp³-hybridized carbons (Fsp3) is 0.182. The molecule has 0 saturated heterocycles. The molecule has 0 aliphatic carbocycles. The van der Waals surface area contributed by atoms with E-state index in [4.69, 9.17) is 0 Å². The minimum atomic E-state index is -3.56. The van der Waals surface area contributed by atoms with Crippen molar-refractivity contribution in [2.75, 3.05) is 4.72 Å². The topological polar surface area (TPSA) is 59.1 Å². The van der Waals surface area contributed by atoms with Gasteiger partial charge in [-0.15, -0.1) is 0 Å². The van der Waals surface area contributed by atoms with Gasteiger partial charge in [0.25, 0.3) is 10.0 Å². The Morgan fingerprint density at radius 3 is 2.56 bits per heavy atom. The Labute approximate surface area is 118 Å². The number of halogens is 1. The second kappa shape index (κ2) is 4.99. The lowest BCUT2D eigenvalue weighted by Gasteiger charge is -2.07. The molecule has 0 aliphatic rings. The molecule has 0 spiro atoms. The third-order valence-electron chi connectivity index (χ3n) is 2.49. The molecule has 1 N–H and O–H groups in total. The highest BCUT2D eigenvalue weighted by atomic mass is 79.9. The van der Waals surface area contributed by atoms with Crippen LogP contribution in [0.3, 0.4) is 0 Å². The summed E-state index contributed by atoms with van der Waals surface area (Å²) in [5.74, 6) is 0. The molecule has 0 bridgehead atoms. The first-order valence-electron chi connectivity index (χ1n) is 5.10. The minimum Gasteiger partial charge on any atom is -0.255 e. The van der Waals surface area contributed by atoms with Gasteiger partial charge in [0.1, 0.15) is 0 Å². The molecule has 1 heterocycles. The second-order valence-electron chi connectivity index (χ2n) is 3.82. The summed E-state index contributed by atoms with van der Waals surface area (Å²) in [6, 6.07) is 5.04. The van der Waals surface area contributed by atoms with Crippen molar-refractivity contribution < 1.29 is 8.42 Å². The summed E-state index contributed by atoms with van der Waals surface area (Å²) in [5.41, 5.74) is 2.00. The van der Waals surface area contributed by atoms with Gasteiger partial charge in [-0.05, 0) is 53.0 Å². The molecule has 0 unspecified atom stereocenters. The normalized spacial score (nSPS) is 11.5. The summed E-state index contributed by atoms with van der Waals surface area (Å²) in [7, 11) is -3.56. The van der Waals surface area contributed by atoms with Gasteiger partial charge in [0.15, 0.2) is 5.13 Å². The SMILES string of the molecule is Cc1ccc(S(=O)(=O)Nc2ncc(Br)s2)cc1C. The zero-order valence-corrected chi connectivity index (χ0v) is 13.0. The molecule has 96 valence electrons. The number of nitrogens with one attached hydrogen (secondary N) is 1. The number of thiazole rings is 1. The number of hydrogen-bond acceptors (Lipinski definition) is 4. The molecule has 2 aromatic rings. The van der Waals surface area contributed by atoms with Crippen molar-refractivity contribution in [3.05, 3.63) is 39.3 Å². The van der Waals surface area contributed by atoms with Crippen molar-refractivity contribution >= 4 is 42.4 Å². The number of sulfonamides is 1. The van der Waals surface area contributed by atoms with E-state index in [0.29, 0.717) is 5.13 Å². The lowest BCUT2D eigenvalue weighted by Crippen LogP contribution is -2.12. The Morgan fingerprint density at radius 1 is 1.28 bits per heavy atom. The number of rotatable bonds is 3. The maximum Gasteiger partial charge on any atom is 0.263 e. The zero-order valence-electron chi connectivity index (χ0n) is 9.77. The first-order valence-corrected chi connectivity index (χ1v) is 8.19. The van der Waals surface area contributed by atoms with Gasteiger partial charge in [-0.25, -0.2) is 13.4 Å². The lowest BCUT2D eigenvalue weighted by molar-refractivity contribution is 0.601. The quantitative estimate of drug-likeness (QED) is 0.927. The molecule has 0 radical (unpaired) electrons. The van der Waals surface area contributed by atoms with E-state index < -0.39 is 10.0 Å². The molecule has 0 fully saturated rings. The highest BCUT2D eigenvalue weighted by molar-refractivity contribution is 9.11. The third-order valence-corrected chi connectivity index (χ3v) is 5.35. The number of hydrogen-bond donors (Lipinski definition) is 1. The van der Waals surface area contributed by atoms with Gasteiger partial charge >= 0.3 is 0 Å². The summed E-state index contributed by atoms with van der Waals surface area (Å²) < 4.78 is 27.5. The highest BCUT2D eigenvalue weighted by Gasteiger charge is 2.16. The predicted molar refractivity (Wildman–Crippen MR) is 76.5 cm³/mol. The summed E-state index contributed by atoms with van der Waals surface area (Å²) in [6.45, 7) is 3.82. The van der Waals surface area contributed by atoms with Crippen LogP contribution in [0.5, 0.6) is 0 Å². The largest absolute Gasteiger partial charge is 0.263 e. The van der Waals surface area contributed by atoms with Crippen LogP contribution in [-0.2, 0) is 10.0 Å². The molecule has 1 aromatic heterocycles. The number of nitrogens with zero attached hydrogens (tertiary/aromatic N) is 1. The molecular formula is C11H11BrN2O2S2. The first kappa shape index (κ1) is 13.5. The second-order valence-corrected chi connectivity index (χ2v) is 7.91. The molecule has 2 rings (SSSR count). The lowest BCUT2D eigenvalue weighted by atomic mass is 10.1. The van der Waals surface area contributed by atoms with Crippen LogP contribution in [0.25, 0.3) is 0 Å². The zero-order chi connectivity index (χ0) is 13.3. The van der Waals surface area contributed by atoms with Gasteiger partial charge in [-0.2, -0.15) is 0 Å². The monoisotopic (exact) mass is 346 g/mol. The predicted octanol–water partition coefficient (Wildman–Crippen LogP) is 3.32. The van der Waals surface area contributed by atoms with E-state index in [2.05, 4.69) is 25.6 Å². The number of anilines is 1. The van der Waals surface area contributed by atoms with E-state index in [1.165, 1.54) is 11.3 Å². The molecule has 0 aliphatic heterocycles. The van der Waals surface area contributed by atoms with Gasteiger partial charge < -0.3 is 0 Å². The molecule has 1 aromatic carbocycles. The van der Waals surface area contributed by atoms with Crippen LogP contribution in [0.2, 0.25) is 0 Å². The smallest absolute Gasteiger partial charge is 0.255 e. The summed E-state index contributed by atoms with van der Waals surface area (Å²) in [6.07, 6.45) is 1.56. The van der Waals surface area contributed by atoms with Crippen LogP contribution in [-0.4, -0.2) is 13.4 Å².